The summed E-state index contributed by atoms with van der Waals surface area (Å²) in [6.45, 7) is 3.07. The monoisotopic (exact) mass is 510 g/mol. The summed E-state index contributed by atoms with van der Waals surface area (Å²) >= 11 is 0. The van der Waals surface area contributed by atoms with Gasteiger partial charge in [0.05, 0.1) is 22.8 Å². The van der Waals surface area contributed by atoms with E-state index in [4.69, 9.17) is 4.74 Å². The fraction of sp³-hybridized carbons (Fsp3) is 0.304. The van der Waals surface area contributed by atoms with Crippen molar-refractivity contribution in [3.8, 4) is 17.0 Å². The summed E-state index contributed by atoms with van der Waals surface area (Å²) in [6.07, 6.45) is -5.00. The average Bonchev–Trinajstić information content (AvgIpc) is 2.84. The van der Waals surface area contributed by atoms with Crippen LogP contribution in [0.15, 0.2) is 59.5 Å². The Morgan fingerprint density at radius 3 is 2.20 bits per heavy atom. The first kappa shape index (κ1) is 24.9. The van der Waals surface area contributed by atoms with Crippen LogP contribution in [0.4, 0.5) is 23.4 Å². The van der Waals surface area contributed by atoms with Crippen molar-refractivity contribution in [3.05, 3.63) is 66.0 Å². The molecule has 0 spiro atoms. The number of halogens is 4. The van der Waals surface area contributed by atoms with Crippen molar-refractivity contribution in [2.75, 3.05) is 37.7 Å². The summed E-state index contributed by atoms with van der Waals surface area (Å²) in [6, 6.07) is 12.7. The van der Waals surface area contributed by atoms with Crippen LogP contribution in [0.3, 0.4) is 0 Å². The summed E-state index contributed by atoms with van der Waals surface area (Å²) < 4.78 is 84.8. The number of anilines is 1. The fourth-order valence-corrected chi connectivity index (χ4v) is 5.17. The van der Waals surface area contributed by atoms with Crippen LogP contribution in [0.25, 0.3) is 11.3 Å². The van der Waals surface area contributed by atoms with Crippen LogP contribution in [-0.2, 0) is 16.2 Å². The molecule has 2 heterocycles. The first-order chi connectivity index (χ1) is 16.6. The van der Waals surface area contributed by atoms with E-state index in [0.717, 1.165) is 21.7 Å². The summed E-state index contributed by atoms with van der Waals surface area (Å²) in [7, 11) is -4.22. The molecule has 1 saturated heterocycles. The maximum absolute atomic E-state index is 13.6. The zero-order valence-electron chi connectivity index (χ0n) is 18.7. The van der Waals surface area contributed by atoms with Gasteiger partial charge in [0.25, 0.3) is 0 Å². The van der Waals surface area contributed by atoms with E-state index in [1.54, 1.807) is 12.1 Å². The topological polar surface area (TPSA) is 75.6 Å². The van der Waals surface area contributed by atoms with Crippen LogP contribution < -0.4 is 9.64 Å². The second-order valence-corrected chi connectivity index (χ2v) is 9.70. The van der Waals surface area contributed by atoms with E-state index in [1.807, 2.05) is 36.1 Å². The third-order valence-corrected chi connectivity index (χ3v) is 7.45. The first-order valence-electron chi connectivity index (χ1n) is 10.8. The molecule has 0 radical (unpaired) electrons. The zero-order chi connectivity index (χ0) is 25.2. The van der Waals surface area contributed by atoms with Gasteiger partial charge in [0, 0.05) is 31.7 Å². The number of nitrogens with zero attached hydrogens (tertiary/aromatic N) is 4. The third kappa shape index (κ3) is 5.38. The predicted molar refractivity (Wildman–Crippen MR) is 121 cm³/mol. The molecule has 35 heavy (non-hydrogen) atoms. The molecule has 4 rings (SSSR count). The van der Waals surface area contributed by atoms with Gasteiger partial charge < -0.3 is 9.64 Å². The van der Waals surface area contributed by atoms with Crippen LogP contribution >= 0.6 is 0 Å². The van der Waals surface area contributed by atoms with Crippen LogP contribution in [-0.4, -0.2) is 55.7 Å². The normalized spacial score (nSPS) is 15.3. The zero-order valence-corrected chi connectivity index (χ0v) is 19.5. The molecule has 0 amide bonds. The van der Waals surface area contributed by atoms with Crippen molar-refractivity contribution in [3.63, 3.8) is 0 Å². The smallest absolute Gasteiger partial charge is 0.419 e. The molecule has 1 aliphatic rings. The minimum absolute atomic E-state index is 0.0311. The highest BCUT2D eigenvalue weighted by Crippen LogP contribution is 2.33. The lowest BCUT2D eigenvalue weighted by Gasteiger charge is -2.34. The van der Waals surface area contributed by atoms with Crippen molar-refractivity contribution in [1.29, 1.82) is 0 Å². The predicted octanol–water partition coefficient (Wildman–Crippen LogP) is 4.21. The lowest BCUT2D eigenvalue weighted by Crippen LogP contribution is -2.49. The number of sulfonamides is 1. The third-order valence-electron chi connectivity index (χ3n) is 5.56. The number of benzene rings is 2. The Bertz CT molecular complexity index is 1280. The number of alkyl halides is 3. The minimum atomic E-state index is -5.00. The van der Waals surface area contributed by atoms with Gasteiger partial charge in [-0.05, 0) is 61.5 Å². The van der Waals surface area contributed by atoms with Gasteiger partial charge in [-0.3, -0.25) is 0 Å². The van der Waals surface area contributed by atoms with Gasteiger partial charge in [0.2, 0.25) is 10.0 Å². The molecule has 1 aliphatic heterocycles. The van der Waals surface area contributed by atoms with Crippen LogP contribution in [0.5, 0.6) is 5.75 Å². The van der Waals surface area contributed by atoms with Gasteiger partial charge in [-0.25, -0.2) is 12.8 Å². The number of hydrogen-bond acceptors (Lipinski definition) is 6. The molecule has 12 heteroatoms. The van der Waals surface area contributed by atoms with E-state index in [1.165, 1.54) is 0 Å². The standard InChI is InChI=1S/C23H22F4N4O3S/c1-2-34-17-5-3-16(4-6-17)21-9-10-22(29-28-21)30-11-13-31(14-12-30)35(32,33)18-7-8-20(24)19(15-18)23(25,26)27/h3-10,15H,2,11-14H2,1H3. The summed E-state index contributed by atoms with van der Waals surface area (Å²) in [4.78, 5) is 1.24. The van der Waals surface area contributed by atoms with Crippen molar-refractivity contribution in [2.24, 2.45) is 0 Å². The summed E-state index contributed by atoms with van der Waals surface area (Å²) in [5.41, 5.74) is -0.0872. The van der Waals surface area contributed by atoms with E-state index >= 15 is 0 Å². The maximum Gasteiger partial charge on any atom is 0.419 e. The number of hydrogen-bond donors (Lipinski definition) is 0. The largest absolute Gasteiger partial charge is 0.494 e. The fourth-order valence-electron chi connectivity index (χ4n) is 3.73. The first-order valence-corrected chi connectivity index (χ1v) is 12.2. The van der Waals surface area contributed by atoms with Crippen molar-refractivity contribution < 1.29 is 30.7 Å². The maximum atomic E-state index is 13.6. The highest BCUT2D eigenvalue weighted by molar-refractivity contribution is 7.89. The quantitative estimate of drug-likeness (QED) is 0.463. The van der Waals surface area contributed by atoms with Crippen molar-refractivity contribution in [1.82, 2.24) is 14.5 Å². The molecule has 0 unspecified atom stereocenters. The molecular weight excluding hydrogens is 488 g/mol. The molecule has 2 aromatic carbocycles. The van der Waals surface area contributed by atoms with Gasteiger partial charge in [-0.2, -0.15) is 17.5 Å². The van der Waals surface area contributed by atoms with Crippen LogP contribution in [0.1, 0.15) is 12.5 Å². The molecule has 3 aromatic rings. The van der Waals surface area contributed by atoms with Gasteiger partial charge in [0.1, 0.15) is 11.6 Å². The average molecular weight is 511 g/mol. The van der Waals surface area contributed by atoms with E-state index in [2.05, 4.69) is 10.2 Å². The van der Waals surface area contributed by atoms with Crippen molar-refractivity contribution >= 4 is 15.8 Å². The molecule has 0 aliphatic carbocycles. The van der Waals surface area contributed by atoms with E-state index in [-0.39, 0.29) is 26.2 Å². The Balaban J connectivity index is 1.43. The Morgan fingerprint density at radius 1 is 0.943 bits per heavy atom. The molecule has 0 bridgehead atoms. The number of piperazine rings is 1. The Labute approximate surface area is 200 Å². The van der Waals surface area contributed by atoms with Gasteiger partial charge >= 0.3 is 6.18 Å². The summed E-state index contributed by atoms with van der Waals surface area (Å²) in [5, 5.41) is 8.49. The molecule has 0 atom stereocenters. The molecule has 186 valence electrons. The Kier molecular flexibility index (Phi) is 6.95. The van der Waals surface area contributed by atoms with E-state index < -0.39 is 32.5 Å². The van der Waals surface area contributed by atoms with Crippen molar-refractivity contribution in [2.45, 2.75) is 18.0 Å². The highest BCUT2D eigenvalue weighted by atomic mass is 32.2. The van der Waals surface area contributed by atoms with E-state index in [9.17, 15) is 26.0 Å². The Morgan fingerprint density at radius 2 is 1.63 bits per heavy atom. The molecule has 1 fully saturated rings. The lowest BCUT2D eigenvalue weighted by molar-refractivity contribution is -0.140. The van der Waals surface area contributed by atoms with Crippen LogP contribution in [0.2, 0.25) is 0 Å². The van der Waals surface area contributed by atoms with Crippen LogP contribution in [0, 0.1) is 5.82 Å². The highest BCUT2D eigenvalue weighted by Gasteiger charge is 2.37. The SMILES string of the molecule is CCOc1ccc(-c2ccc(N3CCN(S(=O)(=O)c4ccc(F)c(C(F)(F)F)c4)CC3)nn2)cc1. The van der Waals surface area contributed by atoms with Gasteiger partial charge in [-0.1, -0.05) is 0 Å². The molecular formula is C23H22F4N4O3S. The second-order valence-electron chi connectivity index (χ2n) is 7.76. The molecule has 0 N–H and O–H groups in total. The second kappa shape index (κ2) is 9.78. The number of ether oxygens (including phenoxy) is 1. The molecule has 7 nitrogen and oxygen atoms in total. The molecule has 1 aromatic heterocycles. The van der Waals surface area contributed by atoms with Gasteiger partial charge in [0.15, 0.2) is 5.82 Å². The van der Waals surface area contributed by atoms with E-state index in [0.29, 0.717) is 30.3 Å². The number of rotatable bonds is 6. The molecule has 0 saturated carbocycles. The minimum Gasteiger partial charge on any atom is -0.494 e. The number of aromatic nitrogens is 2. The summed E-state index contributed by atoms with van der Waals surface area (Å²) in [5.74, 6) is -0.213. The Hall–Kier alpha value is -3.25. The lowest BCUT2D eigenvalue weighted by atomic mass is 10.1. The van der Waals surface area contributed by atoms with Gasteiger partial charge in [-0.15, -0.1) is 10.2 Å².